The van der Waals surface area contributed by atoms with Crippen molar-refractivity contribution in [2.45, 2.75) is 154 Å². The molecule has 0 aromatic rings. The molecule has 17 N–H and O–H groups in total. The van der Waals surface area contributed by atoms with Gasteiger partial charge >= 0.3 is 10.4 Å². The summed E-state index contributed by atoms with van der Waals surface area (Å²) in [7, 11) is -5.51. The first-order valence-corrected chi connectivity index (χ1v) is 19.7. The van der Waals surface area contributed by atoms with Crippen LogP contribution in [0.2, 0.25) is 0 Å². The number of aliphatic hydroxyl groups excluding tert-OH is 16. The van der Waals surface area contributed by atoms with Crippen LogP contribution in [-0.4, -0.2) is 281 Å². The normalized spacial score (nSPS) is 50.7. The molecular weight excluding hydrogens is 856 g/mol. The van der Waals surface area contributed by atoms with Crippen LogP contribution in [0.5, 0.6) is 0 Å². The number of aliphatic hydroxyl groups is 16. The molecule has 5 aliphatic rings. The van der Waals surface area contributed by atoms with Crippen LogP contribution in [0.4, 0.5) is 0 Å². The minimum atomic E-state index is -5.51. The van der Waals surface area contributed by atoms with E-state index in [-0.39, 0.29) is 0 Å². The number of ether oxygens (including phenoxy) is 9. The van der Waals surface area contributed by atoms with E-state index in [0.29, 0.717) is 0 Å². The lowest BCUT2D eigenvalue weighted by atomic mass is 9.95. The SMILES string of the molecule is O=S(=O)(O)O[C@H]1[C@@H](O[C@H]2[C@H](O)[C@@H](O)[C@@H](O)O[C@@H]2CO)O[C@H](CO)[C@@H](O[C@H]2O[C@H](CO)[C@@H](O[C@H]3O[C@H](CO)[C@@H](O[C@H]4O[C@H](CO)[C@@H](O)[C@H](O)[C@H]4O)[C@H](O)[C@H]3O)[C@H](O)[C@H]2O)[C@@H]1O. The maximum atomic E-state index is 11.8. The molecule has 0 bridgehead atoms. The summed E-state index contributed by atoms with van der Waals surface area (Å²) < 4.78 is 86.6. The highest BCUT2D eigenvalue weighted by Crippen LogP contribution is 2.36. The van der Waals surface area contributed by atoms with Crippen molar-refractivity contribution in [3.63, 3.8) is 0 Å². The smallest absolute Gasteiger partial charge is 0.394 e. The van der Waals surface area contributed by atoms with Crippen molar-refractivity contribution in [1.29, 1.82) is 0 Å². The van der Waals surface area contributed by atoms with Gasteiger partial charge in [0.1, 0.15) is 116 Å². The largest absolute Gasteiger partial charge is 0.397 e. The van der Waals surface area contributed by atoms with Crippen molar-refractivity contribution >= 4 is 10.4 Å². The van der Waals surface area contributed by atoms with Gasteiger partial charge in [0.05, 0.1) is 33.0 Å². The molecule has 5 rings (SSSR count). The standard InChI is InChI=1S/C30H52O29S/c31-1-6-11(36)12(37)17(42)27(51-6)55-22-8(3-33)52-28(18(43)14(22)39)56-23-9(4-34)53-29(19(44)15(23)40)57-24-10(5-35)54-30(25(20(24)45)59-60(47,48)49)58-21-7(2-32)50-26(46)16(41)13(21)38/h6-46H,1-5H2,(H,47,48,49)/t6-,7-,8-,9-,10-,11-,12+,13-,14-,15-,16-,17-,18-,19-,20+,21-,22-,23-,24-,25-,26+,27-,28-,29-,30-/m1/s1. The van der Waals surface area contributed by atoms with Crippen LogP contribution in [-0.2, 0) is 57.2 Å². The molecule has 0 amide bonds. The van der Waals surface area contributed by atoms with E-state index in [1.165, 1.54) is 0 Å². The summed E-state index contributed by atoms with van der Waals surface area (Å²) >= 11 is 0. The van der Waals surface area contributed by atoms with Crippen molar-refractivity contribution in [3.05, 3.63) is 0 Å². The molecule has 25 atom stereocenters. The zero-order chi connectivity index (χ0) is 44.5. The molecular formula is C30H52O29S. The topological polar surface area (TPSA) is 470 Å². The molecule has 0 aromatic carbocycles. The van der Waals surface area contributed by atoms with E-state index in [1.54, 1.807) is 0 Å². The number of hydrogen-bond donors (Lipinski definition) is 17. The average molecular weight is 909 g/mol. The highest BCUT2D eigenvalue weighted by atomic mass is 32.3. The zero-order valence-corrected chi connectivity index (χ0v) is 31.7. The zero-order valence-electron chi connectivity index (χ0n) is 30.9. The average Bonchev–Trinajstić information content (AvgIpc) is 3.21. The van der Waals surface area contributed by atoms with Gasteiger partial charge in [-0.15, -0.1) is 0 Å². The summed E-state index contributed by atoms with van der Waals surface area (Å²) in [6, 6.07) is 0. The molecule has 0 aromatic heterocycles. The Morgan fingerprint density at radius 3 is 1.07 bits per heavy atom. The van der Waals surface area contributed by atoms with Gasteiger partial charge in [-0.2, -0.15) is 8.42 Å². The molecule has 5 heterocycles. The van der Waals surface area contributed by atoms with Crippen LogP contribution in [0, 0.1) is 0 Å². The minimum absolute atomic E-state index is 0.838. The Morgan fingerprint density at radius 1 is 0.350 bits per heavy atom. The highest BCUT2D eigenvalue weighted by molar-refractivity contribution is 7.80. The lowest BCUT2D eigenvalue weighted by Gasteiger charge is -2.49. The van der Waals surface area contributed by atoms with E-state index in [4.69, 9.17) is 42.6 Å². The molecule has 5 saturated heterocycles. The second-order valence-corrected chi connectivity index (χ2v) is 15.5. The van der Waals surface area contributed by atoms with Gasteiger partial charge in [0.15, 0.2) is 37.6 Å². The Bertz CT molecular complexity index is 1440. The highest BCUT2D eigenvalue weighted by Gasteiger charge is 2.57. The summed E-state index contributed by atoms with van der Waals surface area (Å²) in [5, 5.41) is 166. The lowest BCUT2D eigenvalue weighted by molar-refractivity contribution is -0.391. The molecule has 60 heavy (non-hydrogen) atoms. The first-order valence-electron chi connectivity index (χ1n) is 18.3. The van der Waals surface area contributed by atoms with Crippen molar-refractivity contribution in [3.8, 4) is 0 Å². The van der Waals surface area contributed by atoms with Crippen LogP contribution >= 0.6 is 0 Å². The Kier molecular flexibility index (Phi) is 17.3. The third-order valence-electron chi connectivity index (χ3n) is 10.5. The molecule has 5 aliphatic heterocycles. The summed E-state index contributed by atoms with van der Waals surface area (Å²) in [4.78, 5) is 0. The molecule has 5 fully saturated rings. The van der Waals surface area contributed by atoms with Gasteiger partial charge in [0.25, 0.3) is 0 Å². The summed E-state index contributed by atoms with van der Waals surface area (Å²) in [5.74, 6) is 0. The summed E-state index contributed by atoms with van der Waals surface area (Å²) in [6.45, 7) is -4.96. The van der Waals surface area contributed by atoms with Crippen LogP contribution in [0.3, 0.4) is 0 Å². The number of rotatable bonds is 15. The molecule has 0 radical (unpaired) electrons. The fraction of sp³-hybridized carbons (Fsp3) is 1.00. The first-order chi connectivity index (χ1) is 28.2. The third kappa shape index (κ3) is 10.5. The van der Waals surface area contributed by atoms with Gasteiger partial charge in [-0.1, -0.05) is 0 Å². The fourth-order valence-corrected chi connectivity index (χ4v) is 7.75. The van der Waals surface area contributed by atoms with Crippen molar-refractivity contribution in [1.82, 2.24) is 0 Å². The molecule has 0 unspecified atom stereocenters. The monoisotopic (exact) mass is 908 g/mol. The molecule has 30 heteroatoms. The Hall–Kier alpha value is -1.13. The molecule has 0 saturated carbocycles. The molecule has 29 nitrogen and oxygen atoms in total. The van der Waals surface area contributed by atoms with Gasteiger partial charge in [-0.25, -0.2) is 4.18 Å². The maximum Gasteiger partial charge on any atom is 0.397 e. The van der Waals surface area contributed by atoms with E-state index in [2.05, 4.69) is 4.18 Å². The maximum absolute atomic E-state index is 11.8. The fourth-order valence-electron chi connectivity index (χ4n) is 7.26. The van der Waals surface area contributed by atoms with Crippen LogP contribution in [0.1, 0.15) is 0 Å². The van der Waals surface area contributed by atoms with Crippen LogP contribution in [0.25, 0.3) is 0 Å². The Balaban J connectivity index is 1.28. The van der Waals surface area contributed by atoms with Crippen molar-refractivity contribution in [2.24, 2.45) is 0 Å². The van der Waals surface area contributed by atoms with E-state index in [0.717, 1.165) is 0 Å². The van der Waals surface area contributed by atoms with Gasteiger partial charge in [-0.05, 0) is 0 Å². The van der Waals surface area contributed by atoms with E-state index in [1.807, 2.05) is 0 Å². The Morgan fingerprint density at radius 2 is 0.667 bits per heavy atom. The van der Waals surface area contributed by atoms with Crippen molar-refractivity contribution in [2.75, 3.05) is 33.0 Å². The molecule has 0 spiro atoms. The third-order valence-corrected chi connectivity index (χ3v) is 11.0. The van der Waals surface area contributed by atoms with Gasteiger partial charge in [0.2, 0.25) is 0 Å². The Labute approximate surface area is 338 Å². The second-order valence-electron chi connectivity index (χ2n) is 14.4. The van der Waals surface area contributed by atoms with Gasteiger partial charge < -0.3 is 124 Å². The summed E-state index contributed by atoms with van der Waals surface area (Å²) in [6.07, 6.45) is -49.2. The van der Waals surface area contributed by atoms with Crippen LogP contribution in [0.15, 0.2) is 0 Å². The predicted molar refractivity (Wildman–Crippen MR) is 177 cm³/mol. The van der Waals surface area contributed by atoms with Crippen LogP contribution < -0.4 is 0 Å². The second kappa shape index (κ2) is 20.8. The molecule has 0 aliphatic carbocycles. The predicted octanol–water partition coefficient (Wildman–Crippen LogP) is -12.1. The van der Waals surface area contributed by atoms with Crippen molar-refractivity contribution < 1.29 is 141 Å². The minimum Gasteiger partial charge on any atom is -0.394 e. The van der Waals surface area contributed by atoms with Gasteiger partial charge in [-0.3, -0.25) is 4.55 Å². The van der Waals surface area contributed by atoms with E-state index in [9.17, 15) is 94.7 Å². The summed E-state index contributed by atoms with van der Waals surface area (Å²) in [5.41, 5.74) is 0. The number of hydrogen-bond acceptors (Lipinski definition) is 28. The first kappa shape index (κ1) is 49.9. The van der Waals surface area contributed by atoms with Gasteiger partial charge in [0, 0.05) is 0 Å². The lowest BCUT2D eigenvalue weighted by Crippen LogP contribution is -2.68. The van der Waals surface area contributed by atoms with E-state index >= 15 is 0 Å². The molecule has 352 valence electrons. The quantitative estimate of drug-likeness (QED) is 0.0678. The van der Waals surface area contributed by atoms with E-state index < -0.39 is 197 Å².